The Balaban J connectivity index is 0.00000324. The van der Waals surface area contributed by atoms with E-state index in [0.29, 0.717) is 10.6 Å². The first-order valence-electron chi connectivity index (χ1n) is 9.99. The van der Waals surface area contributed by atoms with E-state index in [1.54, 1.807) is 12.1 Å². The Bertz CT molecular complexity index is 1270. The molecule has 34 heavy (non-hydrogen) atoms. The molecule has 0 radical (unpaired) electrons. The number of rotatable bonds is 7. The molecule has 3 N–H and O–H groups in total. The van der Waals surface area contributed by atoms with Crippen LogP contribution in [0.1, 0.15) is 18.4 Å². The lowest BCUT2D eigenvalue weighted by Gasteiger charge is -2.30. The maximum absolute atomic E-state index is 14.8. The molecule has 0 amide bonds. The highest BCUT2D eigenvalue weighted by Gasteiger charge is 2.28. The minimum Gasteiger partial charge on any atom is -0.327 e. The van der Waals surface area contributed by atoms with Crippen molar-refractivity contribution in [2.45, 2.75) is 28.7 Å². The number of nitrogens with zero attached hydrogens (tertiary/aromatic N) is 1. The molecular formula is C22H21Cl2F2N3O2S3. The van der Waals surface area contributed by atoms with Crippen molar-refractivity contribution < 1.29 is 17.2 Å². The molecule has 0 saturated carbocycles. The summed E-state index contributed by atoms with van der Waals surface area (Å²) in [4.78, 5) is 3.72. The normalized spacial score (nSPS) is 18.2. The van der Waals surface area contributed by atoms with Crippen LogP contribution in [0.2, 0.25) is 5.02 Å². The van der Waals surface area contributed by atoms with Gasteiger partial charge < -0.3 is 5.73 Å². The van der Waals surface area contributed by atoms with Crippen LogP contribution >= 0.6 is 47.1 Å². The number of halogens is 4. The number of aromatic nitrogens is 1. The Hall–Kier alpha value is -1.69. The van der Waals surface area contributed by atoms with E-state index >= 15 is 0 Å². The van der Waals surface area contributed by atoms with Crippen molar-refractivity contribution >= 4 is 68.5 Å². The van der Waals surface area contributed by atoms with E-state index in [0.717, 1.165) is 36.1 Å². The zero-order valence-electron chi connectivity index (χ0n) is 17.6. The number of benzene rings is 2. The Morgan fingerprint density at radius 1 is 1.24 bits per heavy atom. The van der Waals surface area contributed by atoms with Gasteiger partial charge in [-0.15, -0.1) is 35.5 Å². The van der Waals surface area contributed by atoms with Crippen LogP contribution in [-0.2, 0) is 10.0 Å². The van der Waals surface area contributed by atoms with E-state index in [1.165, 1.54) is 46.1 Å². The summed E-state index contributed by atoms with van der Waals surface area (Å²) in [6.45, 7) is 0. The predicted octanol–water partition coefficient (Wildman–Crippen LogP) is 6.21. The second-order valence-corrected chi connectivity index (χ2v) is 11.4. The van der Waals surface area contributed by atoms with Crippen molar-refractivity contribution in [1.29, 1.82) is 0 Å². The van der Waals surface area contributed by atoms with Gasteiger partial charge in [0, 0.05) is 28.0 Å². The number of nitrogens with one attached hydrogen (secondary N) is 1. The first kappa shape index (κ1) is 26.9. The number of hydrogen-bond donors (Lipinski definition) is 2. The van der Waals surface area contributed by atoms with Crippen LogP contribution in [0.15, 0.2) is 63.2 Å². The number of thiazole rings is 1. The molecule has 0 aliphatic heterocycles. The van der Waals surface area contributed by atoms with Gasteiger partial charge in [-0.3, -0.25) is 4.72 Å². The quantitative estimate of drug-likeness (QED) is 0.334. The minimum absolute atomic E-state index is 0. The van der Waals surface area contributed by atoms with Gasteiger partial charge in [0.25, 0.3) is 10.0 Å². The van der Waals surface area contributed by atoms with Gasteiger partial charge >= 0.3 is 0 Å². The van der Waals surface area contributed by atoms with E-state index in [4.69, 9.17) is 17.3 Å². The van der Waals surface area contributed by atoms with E-state index in [9.17, 15) is 17.2 Å². The molecule has 4 rings (SSSR count). The summed E-state index contributed by atoms with van der Waals surface area (Å²) in [5.74, 6) is -0.658. The molecule has 1 aliphatic rings. The number of hydrogen-bond acceptors (Lipinski definition) is 6. The second kappa shape index (κ2) is 11.4. The summed E-state index contributed by atoms with van der Waals surface area (Å²) < 4.78 is 55.5. The standard InChI is InChI=1S/C22H20ClF2N3O2S3.ClH/c23-17-8-21(33(29,30)28-22-11-31-12-27-22)18(25)9-20(17)32-10-16-15(2-1-3-19(16)26)13-4-6-14(24)7-5-13;/h2,4-9,11-12,16,19,28H,1,3,10,26H2;1H/t16-,19-;/m1./s1. The summed E-state index contributed by atoms with van der Waals surface area (Å²) in [5.41, 5.74) is 9.76. The molecule has 5 nitrogen and oxygen atoms in total. The van der Waals surface area contributed by atoms with Gasteiger partial charge in [-0.25, -0.2) is 22.2 Å². The van der Waals surface area contributed by atoms with Gasteiger partial charge in [0.1, 0.15) is 16.5 Å². The zero-order valence-corrected chi connectivity index (χ0v) is 21.6. The first-order valence-corrected chi connectivity index (χ1v) is 13.8. The smallest absolute Gasteiger partial charge is 0.266 e. The molecule has 12 heteroatoms. The summed E-state index contributed by atoms with van der Waals surface area (Å²) in [5, 5.41) is 1.62. The fourth-order valence-corrected chi connectivity index (χ4v) is 6.87. The Morgan fingerprint density at radius 3 is 2.65 bits per heavy atom. The lowest BCUT2D eigenvalue weighted by atomic mass is 9.81. The number of allylic oxidation sites excluding steroid dienone is 1. The Kier molecular flexibility index (Phi) is 8.99. The molecule has 0 unspecified atom stereocenters. The highest BCUT2D eigenvalue weighted by Crippen LogP contribution is 2.39. The Morgan fingerprint density at radius 2 is 1.97 bits per heavy atom. The van der Waals surface area contributed by atoms with Crippen LogP contribution in [0, 0.1) is 17.6 Å². The van der Waals surface area contributed by atoms with E-state index in [-0.39, 0.29) is 41.0 Å². The molecule has 1 aromatic heterocycles. The van der Waals surface area contributed by atoms with Crippen molar-refractivity contribution in [1.82, 2.24) is 4.98 Å². The van der Waals surface area contributed by atoms with Gasteiger partial charge in [-0.05, 0) is 48.2 Å². The summed E-state index contributed by atoms with van der Waals surface area (Å²) in [6.07, 6.45) is 3.73. The molecule has 0 saturated heterocycles. The highest BCUT2D eigenvalue weighted by atomic mass is 35.5. The Labute approximate surface area is 216 Å². The molecule has 182 valence electrons. The number of thioether (sulfide) groups is 1. The fourth-order valence-electron chi connectivity index (χ4n) is 3.66. The van der Waals surface area contributed by atoms with Crippen LogP contribution in [0.3, 0.4) is 0 Å². The average Bonchev–Trinajstić information content (AvgIpc) is 3.27. The summed E-state index contributed by atoms with van der Waals surface area (Å²) in [6, 6.07) is 8.37. The number of nitrogens with two attached hydrogens (primary N) is 1. The lowest BCUT2D eigenvalue weighted by molar-refractivity contribution is 0.506. The van der Waals surface area contributed by atoms with E-state index < -0.39 is 20.7 Å². The molecule has 3 aromatic rings. The largest absolute Gasteiger partial charge is 0.327 e. The molecule has 0 bridgehead atoms. The number of sulfonamides is 1. The predicted molar refractivity (Wildman–Crippen MR) is 137 cm³/mol. The molecule has 1 aliphatic carbocycles. The third kappa shape index (κ3) is 6.10. The van der Waals surface area contributed by atoms with Crippen LogP contribution in [0.4, 0.5) is 14.6 Å². The van der Waals surface area contributed by atoms with Crippen LogP contribution in [0.25, 0.3) is 5.57 Å². The second-order valence-electron chi connectivity index (χ2n) is 7.52. The van der Waals surface area contributed by atoms with Gasteiger partial charge in [-0.1, -0.05) is 29.8 Å². The molecule has 0 fully saturated rings. The van der Waals surface area contributed by atoms with Crippen molar-refractivity contribution in [3.63, 3.8) is 0 Å². The van der Waals surface area contributed by atoms with Crippen molar-refractivity contribution in [3.8, 4) is 0 Å². The molecule has 2 atom stereocenters. The number of anilines is 1. The van der Waals surface area contributed by atoms with Gasteiger partial charge in [0.15, 0.2) is 5.82 Å². The maximum Gasteiger partial charge on any atom is 0.266 e. The minimum atomic E-state index is -4.18. The monoisotopic (exact) mass is 563 g/mol. The maximum atomic E-state index is 14.8. The van der Waals surface area contributed by atoms with E-state index in [1.807, 2.05) is 0 Å². The SMILES string of the molecule is Cl.N[C@@H]1CCC=C(c2ccc(F)cc2)[C@H]1CSc1cc(F)c(S(=O)(=O)Nc2cscn2)cc1Cl. The fraction of sp³-hybridized carbons (Fsp3) is 0.227. The summed E-state index contributed by atoms with van der Waals surface area (Å²) >= 11 is 8.85. The zero-order chi connectivity index (χ0) is 23.6. The lowest BCUT2D eigenvalue weighted by Crippen LogP contribution is -2.34. The third-order valence-corrected chi connectivity index (χ3v) is 8.88. The molecular weight excluding hydrogens is 543 g/mol. The molecule has 2 aromatic carbocycles. The van der Waals surface area contributed by atoms with E-state index in [2.05, 4.69) is 15.8 Å². The topological polar surface area (TPSA) is 85.1 Å². The van der Waals surface area contributed by atoms with Crippen molar-refractivity contribution in [3.05, 3.63) is 75.6 Å². The first-order chi connectivity index (χ1) is 15.7. The highest BCUT2D eigenvalue weighted by molar-refractivity contribution is 7.99. The molecule has 0 spiro atoms. The third-order valence-electron chi connectivity index (χ3n) is 5.32. The average molecular weight is 565 g/mol. The van der Waals surface area contributed by atoms with Crippen LogP contribution in [0.5, 0.6) is 0 Å². The van der Waals surface area contributed by atoms with Crippen molar-refractivity contribution in [2.24, 2.45) is 11.7 Å². The molecule has 1 heterocycles. The van der Waals surface area contributed by atoms with Gasteiger partial charge in [-0.2, -0.15) is 0 Å². The van der Waals surface area contributed by atoms with Gasteiger partial charge in [0.05, 0.1) is 10.5 Å². The van der Waals surface area contributed by atoms with Crippen LogP contribution < -0.4 is 10.5 Å². The van der Waals surface area contributed by atoms with Crippen molar-refractivity contribution in [2.75, 3.05) is 10.5 Å². The summed E-state index contributed by atoms with van der Waals surface area (Å²) in [7, 11) is -4.18. The van der Waals surface area contributed by atoms with Gasteiger partial charge in [0.2, 0.25) is 0 Å². The van der Waals surface area contributed by atoms with Crippen LogP contribution in [-0.4, -0.2) is 25.2 Å².